The Morgan fingerprint density at radius 1 is 1.92 bits per heavy atom. The lowest BCUT2D eigenvalue weighted by molar-refractivity contribution is -0.139. The van der Waals surface area contributed by atoms with Crippen molar-refractivity contribution in [1.82, 2.24) is 9.36 Å². The smallest absolute Gasteiger partial charge is 0.328 e. The highest BCUT2D eigenvalue weighted by atomic mass is 32.1. The summed E-state index contributed by atoms with van der Waals surface area (Å²) in [6.07, 6.45) is 1.36. The Balaban J connectivity index is 2.52. The van der Waals surface area contributed by atoms with Gasteiger partial charge in [0, 0.05) is 18.6 Å². The molecule has 1 atom stereocenters. The molecule has 7 heteroatoms. The molecule has 72 valence electrons. The van der Waals surface area contributed by atoms with Crippen LogP contribution in [-0.4, -0.2) is 40.2 Å². The molecule has 1 heterocycles. The molecule has 1 aromatic heterocycles. The van der Waals surface area contributed by atoms with E-state index >= 15 is 0 Å². The number of carboxylic acid groups (broad SMARTS) is 1. The summed E-state index contributed by atoms with van der Waals surface area (Å²) in [7, 11) is 1.44. The molecule has 1 rings (SSSR count). The summed E-state index contributed by atoms with van der Waals surface area (Å²) in [5.74, 6) is -0.975. The van der Waals surface area contributed by atoms with Crippen LogP contribution in [0.2, 0.25) is 0 Å². The van der Waals surface area contributed by atoms with Crippen molar-refractivity contribution >= 4 is 22.6 Å². The summed E-state index contributed by atoms with van der Waals surface area (Å²) in [5, 5.41) is 11.9. The van der Waals surface area contributed by atoms with Gasteiger partial charge in [-0.05, 0) is 0 Å². The zero-order chi connectivity index (χ0) is 9.68. The van der Waals surface area contributed by atoms with Gasteiger partial charge in [0.15, 0.2) is 0 Å². The average molecular weight is 203 g/mol. The summed E-state index contributed by atoms with van der Waals surface area (Å²) in [5.41, 5.74) is 0. The van der Waals surface area contributed by atoms with Gasteiger partial charge in [-0.25, -0.2) is 9.78 Å². The minimum Gasteiger partial charge on any atom is -0.480 e. The third kappa shape index (κ3) is 2.96. The van der Waals surface area contributed by atoms with Crippen LogP contribution in [0.25, 0.3) is 0 Å². The highest BCUT2D eigenvalue weighted by Crippen LogP contribution is 2.08. The molecule has 0 saturated carbocycles. The molecule has 0 aliphatic rings. The van der Waals surface area contributed by atoms with E-state index in [-0.39, 0.29) is 6.61 Å². The lowest BCUT2D eigenvalue weighted by atomic mass is 10.3. The Kier molecular flexibility index (Phi) is 3.59. The number of ether oxygens (including phenoxy) is 1. The maximum atomic E-state index is 10.6. The van der Waals surface area contributed by atoms with Crippen LogP contribution in [0.1, 0.15) is 0 Å². The van der Waals surface area contributed by atoms with E-state index in [0.717, 1.165) is 11.5 Å². The van der Waals surface area contributed by atoms with Gasteiger partial charge in [-0.15, -0.1) is 0 Å². The third-order valence-electron chi connectivity index (χ3n) is 1.29. The summed E-state index contributed by atoms with van der Waals surface area (Å²) in [6, 6.07) is -0.780. The predicted molar refractivity (Wildman–Crippen MR) is 46.8 cm³/mol. The van der Waals surface area contributed by atoms with E-state index in [4.69, 9.17) is 9.84 Å². The zero-order valence-corrected chi connectivity index (χ0v) is 7.74. The lowest BCUT2D eigenvalue weighted by Crippen LogP contribution is -2.33. The zero-order valence-electron chi connectivity index (χ0n) is 6.93. The summed E-state index contributed by atoms with van der Waals surface area (Å²) >= 11 is 1.10. The van der Waals surface area contributed by atoms with E-state index in [1.165, 1.54) is 13.4 Å². The molecule has 0 aromatic carbocycles. The first kappa shape index (κ1) is 9.87. The molecule has 6 nitrogen and oxygen atoms in total. The van der Waals surface area contributed by atoms with Crippen molar-refractivity contribution in [3.8, 4) is 0 Å². The molecule has 0 radical (unpaired) electrons. The maximum absolute atomic E-state index is 10.6. The van der Waals surface area contributed by atoms with Crippen molar-refractivity contribution in [2.24, 2.45) is 0 Å². The average Bonchev–Trinajstić information content (AvgIpc) is 2.56. The molecule has 0 spiro atoms. The number of methoxy groups -OCH3 is 1. The molecule has 13 heavy (non-hydrogen) atoms. The first-order valence-corrected chi connectivity index (χ1v) is 4.26. The highest BCUT2D eigenvalue weighted by molar-refractivity contribution is 7.09. The summed E-state index contributed by atoms with van der Waals surface area (Å²) in [6.45, 7) is 0.0922. The first-order chi connectivity index (χ1) is 6.24. The van der Waals surface area contributed by atoms with Crippen LogP contribution in [0.3, 0.4) is 0 Å². The van der Waals surface area contributed by atoms with Crippen LogP contribution in [0.15, 0.2) is 6.33 Å². The number of rotatable bonds is 5. The van der Waals surface area contributed by atoms with Gasteiger partial charge in [-0.2, -0.15) is 4.37 Å². The molecular weight excluding hydrogens is 194 g/mol. The van der Waals surface area contributed by atoms with Gasteiger partial charge in [0.1, 0.15) is 12.4 Å². The van der Waals surface area contributed by atoms with Crippen LogP contribution in [0.4, 0.5) is 5.13 Å². The quantitative estimate of drug-likeness (QED) is 0.703. The molecule has 1 unspecified atom stereocenters. The number of hydrogen-bond acceptors (Lipinski definition) is 6. The Labute approximate surface area is 78.7 Å². The topological polar surface area (TPSA) is 84.3 Å². The van der Waals surface area contributed by atoms with Crippen LogP contribution in [0.5, 0.6) is 0 Å². The second-order valence-electron chi connectivity index (χ2n) is 2.24. The number of carbonyl (C=O) groups is 1. The van der Waals surface area contributed by atoms with Crippen molar-refractivity contribution in [3.05, 3.63) is 6.33 Å². The van der Waals surface area contributed by atoms with Crippen LogP contribution < -0.4 is 5.32 Å². The van der Waals surface area contributed by atoms with Crippen molar-refractivity contribution in [1.29, 1.82) is 0 Å². The molecule has 0 saturated heterocycles. The molecule has 0 aliphatic heterocycles. The third-order valence-corrected chi connectivity index (χ3v) is 1.89. The van der Waals surface area contributed by atoms with E-state index < -0.39 is 12.0 Å². The van der Waals surface area contributed by atoms with E-state index in [1.807, 2.05) is 0 Å². The van der Waals surface area contributed by atoms with E-state index in [1.54, 1.807) is 0 Å². The van der Waals surface area contributed by atoms with Crippen molar-refractivity contribution < 1.29 is 14.6 Å². The van der Waals surface area contributed by atoms with Crippen LogP contribution >= 0.6 is 11.5 Å². The standard InChI is InChI=1S/C6H9N3O3S/c1-12-2-4(5(10)11)9-6-7-3-8-13-6/h3-4H,2H2,1H3,(H,10,11)(H,7,8,9). The van der Waals surface area contributed by atoms with Gasteiger partial charge in [0.2, 0.25) is 5.13 Å². The van der Waals surface area contributed by atoms with Crippen LogP contribution in [0, 0.1) is 0 Å². The number of hydrogen-bond donors (Lipinski definition) is 2. The highest BCUT2D eigenvalue weighted by Gasteiger charge is 2.17. The largest absolute Gasteiger partial charge is 0.480 e. The van der Waals surface area contributed by atoms with Gasteiger partial charge in [-0.1, -0.05) is 0 Å². The van der Waals surface area contributed by atoms with Crippen molar-refractivity contribution in [2.75, 3.05) is 19.0 Å². The van der Waals surface area contributed by atoms with E-state index in [0.29, 0.717) is 5.13 Å². The molecule has 0 fully saturated rings. The fourth-order valence-electron chi connectivity index (χ4n) is 0.727. The van der Waals surface area contributed by atoms with E-state index in [9.17, 15) is 4.79 Å². The first-order valence-electron chi connectivity index (χ1n) is 3.49. The Hall–Kier alpha value is -1.21. The van der Waals surface area contributed by atoms with Crippen molar-refractivity contribution in [3.63, 3.8) is 0 Å². The number of nitrogens with zero attached hydrogens (tertiary/aromatic N) is 2. The monoisotopic (exact) mass is 203 g/mol. The molecule has 0 amide bonds. The lowest BCUT2D eigenvalue weighted by Gasteiger charge is -2.11. The van der Waals surface area contributed by atoms with Gasteiger partial charge in [0.25, 0.3) is 0 Å². The van der Waals surface area contributed by atoms with E-state index in [2.05, 4.69) is 14.7 Å². The maximum Gasteiger partial charge on any atom is 0.328 e. The second-order valence-corrected chi connectivity index (χ2v) is 3.02. The molecular formula is C6H9N3O3S. The number of anilines is 1. The predicted octanol–water partition coefficient (Wildman–Crippen LogP) is 0.0496. The molecule has 0 bridgehead atoms. The number of aromatic nitrogens is 2. The molecule has 0 aliphatic carbocycles. The second kappa shape index (κ2) is 4.73. The minimum absolute atomic E-state index is 0.0922. The SMILES string of the molecule is COCC(Nc1ncns1)C(=O)O. The number of carboxylic acids is 1. The van der Waals surface area contributed by atoms with Crippen LogP contribution in [-0.2, 0) is 9.53 Å². The number of nitrogens with one attached hydrogen (secondary N) is 1. The van der Waals surface area contributed by atoms with Crippen molar-refractivity contribution in [2.45, 2.75) is 6.04 Å². The van der Waals surface area contributed by atoms with Gasteiger partial charge >= 0.3 is 5.97 Å². The molecule has 2 N–H and O–H groups in total. The summed E-state index contributed by atoms with van der Waals surface area (Å²) in [4.78, 5) is 14.4. The Morgan fingerprint density at radius 3 is 3.15 bits per heavy atom. The minimum atomic E-state index is -0.975. The van der Waals surface area contributed by atoms with Gasteiger partial charge in [0.05, 0.1) is 6.61 Å². The number of aliphatic carboxylic acids is 1. The normalized spacial score (nSPS) is 12.4. The fraction of sp³-hybridized carbons (Fsp3) is 0.500. The summed E-state index contributed by atoms with van der Waals surface area (Å²) < 4.78 is 8.46. The van der Waals surface area contributed by atoms with Gasteiger partial charge in [-0.3, -0.25) is 0 Å². The Morgan fingerprint density at radius 2 is 2.69 bits per heavy atom. The molecule has 1 aromatic rings. The van der Waals surface area contributed by atoms with Gasteiger partial charge < -0.3 is 15.2 Å². The fourth-order valence-corrected chi connectivity index (χ4v) is 1.21. The Bertz CT molecular complexity index is 264.